The molecule has 5 rings (SSSR count). The summed E-state index contributed by atoms with van der Waals surface area (Å²) in [7, 11) is 0. The summed E-state index contributed by atoms with van der Waals surface area (Å²) < 4.78 is 5.46. The molecule has 0 radical (unpaired) electrons. The van der Waals surface area contributed by atoms with E-state index in [1.807, 2.05) is 0 Å². The number of ketones is 4. The average molecular weight is 472 g/mol. The first-order valence-corrected chi connectivity index (χ1v) is 10.7. The first kappa shape index (κ1) is 21.5. The van der Waals surface area contributed by atoms with Gasteiger partial charge < -0.3 is 20.4 Å². The predicted molar refractivity (Wildman–Crippen MR) is 111 cm³/mol. The number of amides is 1. The Morgan fingerprint density at radius 1 is 1.09 bits per heavy atom. The zero-order chi connectivity index (χ0) is 23.8. The van der Waals surface area contributed by atoms with Gasteiger partial charge in [-0.3, -0.25) is 24.0 Å². The van der Waals surface area contributed by atoms with Crippen LogP contribution in [0, 0.1) is 23.7 Å². The molecule has 2 aromatic rings. The fourth-order valence-corrected chi connectivity index (χ4v) is 5.80. The smallest absolute Gasteiger partial charge is 0.235 e. The van der Waals surface area contributed by atoms with E-state index in [0.29, 0.717) is 16.9 Å². The van der Waals surface area contributed by atoms with Crippen molar-refractivity contribution in [3.63, 3.8) is 0 Å². The number of aromatic hydroxyl groups is 1. The van der Waals surface area contributed by atoms with E-state index in [4.69, 9.17) is 21.8 Å². The third-order valence-electron chi connectivity index (χ3n) is 7.12. The lowest BCUT2D eigenvalue weighted by Gasteiger charge is -2.48. The largest absolute Gasteiger partial charge is 0.507 e. The molecule has 170 valence electrons. The molecule has 0 spiro atoms. The minimum absolute atomic E-state index is 0.0229. The van der Waals surface area contributed by atoms with Crippen LogP contribution in [0.15, 0.2) is 28.7 Å². The van der Waals surface area contributed by atoms with E-state index in [-0.39, 0.29) is 35.8 Å². The van der Waals surface area contributed by atoms with Crippen molar-refractivity contribution in [3.8, 4) is 17.1 Å². The summed E-state index contributed by atoms with van der Waals surface area (Å²) in [6, 6.07) is 6.01. The van der Waals surface area contributed by atoms with Crippen LogP contribution in [-0.2, 0) is 25.6 Å². The van der Waals surface area contributed by atoms with Crippen LogP contribution in [0.1, 0.15) is 28.8 Å². The van der Waals surface area contributed by atoms with Gasteiger partial charge in [0.05, 0.1) is 11.5 Å². The van der Waals surface area contributed by atoms with Crippen LogP contribution in [0.2, 0.25) is 5.22 Å². The van der Waals surface area contributed by atoms with Crippen molar-refractivity contribution in [1.82, 2.24) is 0 Å². The molecule has 1 aromatic carbocycles. The monoisotopic (exact) mass is 471 g/mol. The quantitative estimate of drug-likeness (QED) is 0.550. The normalized spacial score (nSPS) is 31.1. The Hall–Kier alpha value is -3.30. The van der Waals surface area contributed by atoms with Crippen molar-refractivity contribution in [3.05, 3.63) is 40.6 Å². The van der Waals surface area contributed by atoms with Gasteiger partial charge in [0.1, 0.15) is 11.5 Å². The van der Waals surface area contributed by atoms with Gasteiger partial charge in [-0.05, 0) is 60.2 Å². The summed E-state index contributed by atoms with van der Waals surface area (Å²) in [5, 5.41) is 21.8. The lowest BCUT2D eigenvalue weighted by Crippen LogP contribution is -2.68. The maximum atomic E-state index is 13.5. The summed E-state index contributed by atoms with van der Waals surface area (Å²) >= 11 is 5.88. The topological polar surface area (TPSA) is 165 Å². The highest BCUT2D eigenvalue weighted by molar-refractivity contribution is 6.31. The van der Waals surface area contributed by atoms with Crippen molar-refractivity contribution in [2.24, 2.45) is 29.4 Å². The molecule has 0 saturated heterocycles. The fraction of sp³-hybridized carbons (Fsp3) is 0.348. The molecule has 0 bridgehead atoms. The molecule has 1 aromatic heterocycles. The number of nitrogens with two attached hydrogens (primary N) is 1. The Morgan fingerprint density at radius 2 is 1.82 bits per heavy atom. The Balaban J connectivity index is 1.62. The van der Waals surface area contributed by atoms with Crippen molar-refractivity contribution in [1.29, 1.82) is 0 Å². The zero-order valence-corrected chi connectivity index (χ0v) is 17.8. The average Bonchev–Trinajstić information content (AvgIpc) is 3.16. The van der Waals surface area contributed by atoms with Gasteiger partial charge in [-0.1, -0.05) is 0 Å². The van der Waals surface area contributed by atoms with Crippen molar-refractivity contribution < 1.29 is 38.6 Å². The van der Waals surface area contributed by atoms with E-state index in [1.165, 1.54) is 12.1 Å². The highest BCUT2D eigenvalue weighted by Crippen LogP contribution is 2.51. The van der Waals surface area contributed by atoms with E-state index in [1.54, 1.807) is 12.1 Å². The SMILES string of the molecule is NC(=O)C1C(=O)C[C@@H]2C[C@@H]3Cc4c(-c5ccc(Cl)o5)ccc(O)c4C(=O)C3C(=O)[C@]2(O)C1=O. The third-order valence-corrected chi connectivity index (χ3v) is 7.33. The summed E-state index contributed by atoms with van der Waals surface area (Å²) in [5.74, 6) is -10.1. The number of phenolic OH excluding ortho intramolecular Hbond substituents is 1. The number of primary amides is 1. The first-order chi connectivity index (χ1) is 15.6. The second kappa shape index (κ2) is 7.10. The van der Waals surface area contributed by atoms with E-state index in [9.17, 15) is 34.2 Å². The maximum absolute atomic E-state index is 13.5. The van der Waals surface area contributed by atoms with Crippen LogP contribution >= 0.6 is 11.6 Å². The number of hydrogen-bond donors (Lipinski definition) is 3. The van der Waals surface area contributed by atoms with Gasteiger partial charge in [0.2, 0.25) is 5.91 Å². The molecule has 2 saturated carbocycles. The lowest BCUT2D eigenvalue weighted by molar-refractivity contribution is -0.175. The second-order valence-corrected chi connectivity index (χ2v) is 9.20. The number of fused-ring (bicyclic) bond motifs is 3. The Kier molecular flexibility index (Phi) is 4.63. The number of benzene rings is 1. The van der Waals surface area contributed by atoms with E-state index >= 15 is 0 Å². The number of phenols is 1. The van der Waals surface area contributed by atoms with E-state index in [0.717, 1.165) is 0 Å². The van der Waals surface area contributed by atoms with E-state index < -0.39 is 58.3 Å². The minimum atomic E-state index is -2.66. The number of rotatable bonds is 2. The number of aliphatic hydroxyl groups is 1. The number of Topliss-reactive ketones (excluding diaryl/α,β-unsaturated/α-hetero) is 4. The highest BCUT2D eigenvalue weighted by Gasteiger charge is 2.66. The van der Waals surface area contributed by atoms with Gasteiger partial charge in [-0.2, -0.15) is 0 Å². The molecule has 4 N–H and O–H groups in total. The molecule has 1 heterocycles. The molecule has 5 atom stereocenters. The van der Waals surface area contributed by atoms with E-state index in [2.05, 4.69) is 0 Å². The molecule has 2 unspecified atom stereocenters. The van der Waals surface area contributed by atoms with Gasteiger partial charge in [-0.15, -0.1) is 0 Å². The van der Waals surface area contributed by atoms with Crippen molar-refractivity contribution in [2.45, 2.75) is 24.9 Å². The number of furan rings is 1. The summed E-state index contributed by atoms with van der Waals surface area (Å²) in [4.78, 5) is 63.8. The lowest BCUT2D eigenvalue weighted by atomic mass is 9.53. The molecule has 1 amide bonds. The van der Waals surface area contributed by atoms with Gasteiger partial charge >= 0.3 is 0 Å². The summed E-state index contributed by atoms with van der Waals surface area (Å²) in [5.41, 5.74) is 3.38. The molecule has 9 nitrogen and oxygen atoms in total. The van der Waals surface area contributed by atoms with Gasteiger partial charge in [-0.25, -0.2) is 0 Å². The Bertz CT molecular complexity index is 1280. The fourth-order valence-electron chi connectivity index (χ4n) is 5.66. The van der Waals surface area contributed by atoms with Gasteiger partial charge in [0.15, 0.2) is 39.9 Å². The third kappa shape index (κ3) is 2.85. The van der Waals surface area contributed by atoms with Crippen LogP contribution in [-0.4, -0.2) is 44.9 Å². The molecule has 2 fully saturated rings. The number of carbonyl (C=O) groups excluding carboxylic acids is 5. The van der Waals surface area contributed by atoms with Crippen molar-refractivity contribution >= 4 is 40.6 Å². The number of halogens is 1. The first-order valence-electron chi connectivity index (χ1n) is 10.3. The van der Waals surface area contributed by atoms with Gasteiger partial charge in [0, 0.05) is 17.9 Å². The van der Waals surface area contributed by atoms with Crippen LogP contribution in [0.4, 0.5) is 0 Å². The van der Waals surface area contributed by atoms with Crippen LogP contribution in [0.5, 0.6) is 5.75 Å². The molecule has 3 aliphatic carbocycles. The molecular weight excluding hydrogens is 454 g/mol. The van der Waals surface area contributed by atoms with Crippen LogP contribution in [0.25, 0.3) is 11.3 Å². The molecule has 10 heteroatoms. The molecule has 33 heavy (non-hydrogen) atoms. The number of hydrogen-bond acceptors (Lipinski definition) is 8. The summed E-state index contributed by atoms with van der Waals surface area (Å²) in [6.07, 6.45) is -0.199. The predicted octanol–water partition coefficient (Wildman–Crippen LogP) is 1.24. The minimum Gasteiger partial charge on any atom is -0.507 e. The molecule has 0 aliphatic heterocycles. The summed E-state index contributed by atoms with van der Waals surface area (Å²) in [6.45, 7) is 0. The highest BCUT2D eigenvalue weighted by atomic mass is 35.5. The standard InChI is InChI=1S/C23H18ClNO8/c24-15-4-3-14(33-15)10-1-2-12(26)17-11(10)6-8-5-9-7-13(27)18(22(25)31)21(30)23(9,32)20(29)16(8)19(17)28/h1-4,8-9,16,18,26,32H,5-7H2,(H2,25,31)/t8-,9+,16?,18?,23+/m1/s1. The Morgan fingerprint density at radius 3 is 2.45 bits per heavy atom. The maximum Gasteiger partial charge on any atom is 0.235 e. The second-order valence-electron chi connectivity index (χ2n) is 8.83. The molecular formula is C23H18ClNO8. The van der Waals surface area contributed by atoms with Crippen LogP contribution < -0.4 is 5.73 Å². The molecule has 3 aliphatic rings. The van der Waals surface area contributed by atoms with Gasteiger partial charge in [0.25, 0.3) is 0 Å². The number of carbonyl (C=O) groups is 5. The zero-order valence-electron chi connectivity index (χ0n) is 17.0. The van der Waals surface area contributed by atoms with Crippen molar-refractivity contribution in [2.75, 3.05) is 0 Å². The van der Waals surface area contributed by atoms with Crippen LogP contribution in [0.3, 0.4) is 0 Å². The Labute approximate surface area is 191 Å².